The summed E-state index contributed by atoms with van der Waals surface area (Å²) in [6.07, 6.45) is 0.0127. The first-order chi connectivity index (χ1) is 7.36. The maximum Gasteiger partial charge on any atom is 0.104 e. The first-order valence-electron chi connectivity index (χ1n) is 5.00. The molecule has 0 aliphatic carbocycles. The summed E-state index contributed by atoms with van der Waals surface area (Å²) in [5, 5.41) is 0. The minimum atomic E-state index is 0.0127. The van der Waals surface area contributed by atoms with Crippen molar-refractivity contribution in [2.45, 2.75) is 12.7 Å². The average Bonchev–Trinajstić information content (AvgIpc) is 2.29. The van der Waals surface area contributed by atoms with Crippen molar-refractivity contribution in [3.05, 3.63) is 35.9 Å². The molecule has 3 heteroatoms. The Labute approximate surface area is 91.0 Å². The van der Waals surface area contributed by atoms with Crippen LogP contribution in [-0.4, -0.2) is 33.5 Å². The van der Waals surface area contributed by atoms with Crippen molar-refractivity contribution < 1.29 is 14.2 Å². The third kappa shape index (κ3) is 4.93. The molecule has 0 fully saturated rings. The molecule has 84 valence electrons. The fourth-order valence-corrected chi connectivity index (χ4v) is 1.25. The van der Waals surface area contributed by atoms with Gasteiger partial charge in [0, 0.05) is 14.2 Å². The first kappa shape index (κ1) is 12.2. The van der Waals surface area contributed by atoms with Crippen LogP contribution in [0.1, 0.15) is 5.56 Å². The molecule has 1 aromatic rings. The van der Waals surface area contributed by atoms with Crippen LogP contribution < -0.4 is 0 Å². The fraction of sp³-hybridized carbons (Fsp3) is 0.500. The van der Waals surface area contributed by atoms with Crippen molar-refractivity contribution in [2.75, 3.05) is 27.4 Å². The van der Waals surface area contributed by atoms with Crippen LogP contribution in [0.4, 0.5) is 0 Å². The molecule has 1 atom stereocenters. The molecule has 0 radical (unpaired) electrons. The van der Waals surface area contributed by atoms with Crippen LogP contribution in [-0.2, 0) is 20.8 Å². The molecule has 0 bridgehead atoms. The Kier molecular flexibility index (Phi) is 6.00. The lowest BCUT2D eigenvalue weighted by atomic mass is 10.2. The second kappa shape index (κ2) is 7.40. The van der Waals surface area contributed by atoms with Gasteiger partial charge in [0.1, 0.15) is 6.10 Å². The molecule has 0 spiro atoms. The van der Waals surface area contributed by atoms with Gasteiger partial charge in [0.2, 0.25) is 0 Å². The Hall–Kier alpha value is -0.900. The molecule has 3 nitrogen and oxygen atoms in total. The lowest BCUT2D eigenvalue weighted by Crippen LogP contribution is -2.23. The standard InChI is InChI=1S/C12H18O3/c1-13-9-12(14-2)10-15-8-11-6-4-3-5-7-11/h3-7,12H,8-10H2,1-2H3. The van der Waals surface area contributed by atoms with Crippen LogP contribution >= 0.6 is 0 Å². The summed E-state index contributed by atoms with van der Waals surface area (Å²) >= 11 is 0. The van der Waals surface area contributed by atoms with E-state index in [1.165, 1.54) is 5.56 Å². The SMILES string of the molecule is COCC(COCc1ccccc1)OC. The van der Waals surface area contributed by atoms with E-state index in [0.717, 1.165) is 0 Å². The third-order valence-corrected chi connectivity index (χ3v) is 2.10. The zero-order chi connectivity index (χ0) is 10.9. The smallest absolute Gasteiger partial charge is 0.104 e. The lowest BCUT2D eigenvalue weighted by molar-refractivity contribution is -0.0347. The van der Waals surface area contributed by atoms with Gasteiger partial charge in [-0.25, -0.2) is 0 Å². The molecular weight excluding hydrogens is 192 g/mol. The van der Waals surface area contributed by atoms with E-state index in [-0.39, 0.29) is 6.10 Å². The van der Waals surface area contributed by atoms with Crippen molar-refractivity contribution >= 4 is 0 Å². The summed E-state index contributed by atoms with van der Waals surface area (Å²) in [6, 6.07) is 10.1. The molecule has 0 heterocycles. The van der Waals surface area contributed by atoms with Gasteiger partial charge in [-0.2, -0.15) is 0 Å². The molecule has 0 aliphatic heterocycles. The van der Waals surface area contributed by atoms with Crippen LogP contribution in [0.3, 0.4) is 0 Å². The monoisotopic (exact) mass is 210 g/mol. The molecule has 0 amide bonds. The van der Waals surface area contributed by atoms with Crippen molar-refractivity contribution in [1.82, 2.24) is 0 Å². The summed E-state index contributed by atoms with van der Waals surface area (Å²) in [5.41, 5.74) is 1.17. The molecule has 0 N–H and O–H groups in total. The minimum absolute atomic E-state index is 0.0127. The van der Waals surface area contributed by atoms with E-state index in [2.05, 4.69) is 0 Å². The van der Waals surface area contributed by atoms with Gasteiger partial charge in [-0.05, 0) is 5.56 Å². The van der Waals surface area contributed by atoms with Crippen molar-refractivity contribution in [3.63, 3.8) is 0 Å². The van der Waals surface area contributed by atoms with E-state index in [9.17, 15) is 0 Å². The van der Waals surface area contributed by atoms with Crippen molar-refractivity contribution in [2.24, 2.45) is 0 Å². The highest BCUT2D eigenvalue weighted by Gasteiger charge is 2.06. The highest BCUT2D eigenvalue weighted by atomic mass is 16.5. The van der Waals surface area contributed by atoms with Gasteiger partial charge in [0.05, 0.1) is 19.8 Å². The van der Waals surface area contributed by atoms with Crippen LogP contribution in [0.2, 0.25) is 0 Å². The van der Waals surface area contributed by atoms with E-state index in [4.69, 9.17) is 14.2 Å². The zero-order valence-corrected chi connectivity index (χ0v) is 9.31. The number of ether oxygens (including phenoxy) is 3. The molecule has 1 aromatic carbocycles. The fourth-order valence-electron chi connectivity index (χ4n) is 1.25. The highest BCUT2D eigenvalue weighted by Crippen LogP contribution is 2.01. The lowest BCUT2D eigenvalue weighted by Gasteiger charge is -2.14. The number of methoxy groups -OCH3 is 2. The van der Waals surface area contributed by atoms with E-state index in [1.54, 1.807) is 14.2 Å². The molecular formula is C12H18O3. The summed E-state index contributed by atoms with van der Waals surface area (Å²) < 4.78 is 15.7. The number of rotatable bonds is 7. The van der Waals surface area contributed by atoms with Gasteiger partial charge < -0.3 is 14.2 Å². The molecule has 0 aliphatic rings. The van der Waals surface area contributed by atoms with Crippen molar-refractivity contribution in [1.29, 1.82) is 0 Å². The zero-order valence-electron chi connectivity index (χ0n) is 9.31. The van der Waals surface area contributed by atoms with E-state index in [1.807, 2.05) is 30.3 Å². The van der Waals surface area contributed by atoms with Gasteiger partial charge in [0.15, 0.2) is 0 Å². The van der Waals surface area contributed by atoms with Gasteiger partial charge >= 0.3 is 0 Å². The molecule has 0 saturated heterocycles. The predicted molar refractivity (Wildman–Crippen MR) is 58.8 cm³/mol. The predicted octanol–water partition coefficient (Wildman–Crippen LogP) is 1.86. The Morgan fingerprint density at radius 1 is 1.07 bits per heavy atom. The quantitative estimate of drug-likeness (QED) is 0.687. The Morgan fingerprint density at radius 3 is 2.40 bits per heavy atom. The van der Waals surface area contributed by atoms with Crippen LogP contribution in [0.15, 0.2) is 30.3 Å². The Balaban J connectivity index is 2.20. The molecule has 1 unspecified atom stereocenters. The minimum Gasteiger partial charge on any atom is -0.382 e. The van der Waals surface area contributed by atoms with Crippen molar-refractivity contribution in [3.8, 4) is 0 Å². The molecule has 1 rings (SSSR count). The second-order valence-electron chi connectivity index (χ2n) is 3.31. The van der Waals surface area contributed by atoms with Gasteiger partial charge in [-0.15, -0.1) is 0 Å². The maximum atomic E-state index is 5.52. The van der Waals surface area contributed by atoms with Crippen LogP contribution in [0, 0.1) is 0 Å². The Morgan fingerprint density at radius 2 is 1.80 bits per heavy atom. The molecule has 0 aromatic heterocycles. The van der Waals surface area contributed by atoms with Gasteiger partial charge in [-0.3, -0.25) is 0 Å². The topological polar surface area (TPSA) is 27.7 Å². The maximum absolute atomic E-state index is 5.52. The van der Waals surface area contributed by atoms with Gasteiger partial charge in [-0.1, -0.05) is 30.3 Å². The van der Waals surface area contributed by atoms with E-state index in [0.29, 0.717) is 19.8 Å². The summed E-state index contributed by atoms with van der Waals surface area (Å²) in [4.78, 5) is 0. The highest BCUT2D eigenvalue weighted by molar-refractivity contribution is 5.13. The third-order valence-electron chi connectivity index (χ3n) is 2.10. The summed E-state index contributed by atoms with van der Waals surface area (Å²) in [5.74, 6) is 0. The van der Waals surface area contributed by atoms with Crippen LogP contribution in [0.25, 0.3) is 0 Å². The number of benzene rings is 1. The summed E-state index contributed by atoms with van der Waals surface area (Å²) in [7, 11) is 3.32. The average molecular weight is 210 g/mol. The largest absolute Gasteiger partial charge is 0.382 e. The normalized spacial score (nSPS) is 12.7. The number of hydrogen-bond acceptors (Lipinski definition) is 3. The van der Waals surface area contributed by atoms with E-state index >= 15 is 0 Å². The first-order valence-corrected chi connectivity index (χ1v) is 5.00. The summed E-state index contributed by atoms with van der Waals surface area (Å²) in [6.45, 7) is 1.73. The Bertz CT molecular complexity index is 248. The number of hydrogen-bond donors (Lipinski definition) is 0. The second-order valence-corrected chi connectivity index (χ2v) is 3.31. The molecule has 15 heavy (non-hydrogen) atoms. The van der Waals surface area contributed by atoms with E-state index < -0.39 is 0 Å². The van der Waals surface area contributed by atoms with Crippen LogP contribution in [0.5, 0.6) is 0 Å². The molecule has 0 saturated carbocycles. The van der Waals surface area contributed by atoms with Gasteiger partial charge in [0.25, 0.3) is 0 Å².